The highest BCUT2D eigenvalue weighted by Crippen LogP contribution is 2.36. The molecule has 0 radical (unpaired) electrons. The van der Waals surface area contributed by atoms with Crippen molar-refractivity contribution in [3.63, 3.8) is 0 Å². The van der Waals surface area contributed by atoms with Crippen molar-refractivity contribution in [2.45, 2.75) is 63.9 Å². The lowest BCUT2D eigenvalue weighted by molar-refractivity contribution is 0.00502. The minimum atomic E-state index is -0.223. The highest BCUT2D eigenvalue weighted by atomic mass is 35.5. The summed E-state index contributed by atoms with van der Waals surface area (Å²) in [5.74, 6) is 1.43. The largest absolute Gasteiger partial charge is 0.487 e. The van der Waals surface area contributed by atoms with E-state index in [1.54, 1.807) is 28.0 Å². The molecule has 4 aromatic heterocycles. The van der Waals surface area contributed by atoms with Crippen LogP contribution in [-0.2, 0) is 24.9 Å². The molecule has 1 aliphatic heterocycles. The zero-order valence-corrected chi connectivity index (χ0v) is 27.8. The average Bonchev–Trinajstić information content (AvgIpc) is 3.87. The Morgan fingerprint density at radius 1 is 1.06 bits per heavy atom. The van der Waals surface area contributed by atoms with Crippen LogP contribution in [0.1, 0.15) is 44.3 Å². The minimum absolute atomic E-state index is 0.223. The van der Waals surface area contributed by atoms with Gasteiger partial charge in [-0.25, -0.2) is 14.6 Å². The van der Waals surface area contributed by atoms with Gasteiger partial charge in [0.05, 0.1) is 48.4 Å². The highest BCUT2D eigenvalue weighted by Gasteiger charge is 2.29. The van der Waals surface area contributed by atoms with Crippen LogP contribution in [0.4, 0.5) is 11.6 Å². The van der Waals surface area contributed by atoms with Crippen molar-refractivity contribution in [1.29, 1.82) is 0 Å². The molecule has 1 saturated heterocycles. The zero-order chi connectivity index (χ0) is 32.9. The molecule has 252 valence electrons. The van der Waals surface area contributed by atoms with Crippen LogP contribution in [-0.4, -0.2) is 93.1 Å². The summed E-state index contributed by atoms with van der Waals surface area (Å²) in [4.78, 5) is 11.9. The second kappa shape index (κ2) is 14.7. The van der Waals surface area contributed by atoms with Crippen molar-refractivity contribution < 1.29 is 14.2 Å². The molecule has 1 atom stereocenters. The summed E-state index contributed by atoms with van der Waals surface area (Å²) in [6.07, 6.45) is 11.3. The number of anilines is 2. The summed E-state index contributed by atoms with van der Waals surface area (Å²) in [6.45, 7) is 6.37. The molecule has 2 aliphatic rings. The van der Waals surface area contributed by atoms with Crippen molar-refractivity contribution in [1.82, 2.24) is 54.6 Å². The third-order valence-corrected chi connectivity index (χ3v) is 9.03. The molecule has 0 bridgehead atoms. The number of aromatic nitrogens is 10. The van der Waals surface area contributed by atoms with E-state index in [-0.39, 0.29) is 18.8 Å². The van der Waals surface area contributed by atoms with Gasteiger partial charge in [0.15, 0.2) is 0 Å². The lowest BCUT2D eigenvalue weighted by Gasteiger charge is -2.38. The van der Waals surface area contributed by atoms with Crippen LogP contribution in [0.15, 0.2) is 55.2 Å². The maximum absolute atomic E-state index is 6.50. The predicted molar refractivity (Wildman–Crippen MR) is 177 cm³/mol. The number of nitrogens with zero attached hydrogens (tertiary/aromatic N) is 11. The number of hydrogen-bond acceptors (Lipinski definition) is 12. The summed E-state index contributed by atoms with van der Waals surface area (Å²) < 4.78 is 23.3. The molecule has 5 heterocycles. The van der Waals surface area contributed by atoms with Crippen molar-refractivity contribution in [3.05, 3.63) is 66.0 Å². The maximum Gasteiger partial charge on any atom is 0.257 e. The fraction of sp³-hybridized carbons (Fsp3) is 0.469. The number of halogens is 1. The second-order valence-corrected chi connectivity index (χ2v) is 12.6. The first kappa shape index (κ1) is 32.0. The molecule has 0 spiro atoms. The van der Waals surface area contributed by atoms with E-state index in [9.17, 15) is 0 Å². The Kier molecular flexibility index (Phi) is 9.77. The molecule has 1 saturated carbocycles. The van der Waals surface area contributed by atoms with Crippen LogP contribution in [0, 0.1) is 0 Å². The Hall–Kier alpha value is -4.60. The first-order valence-electron chi connectivity index (χ1n) is 16.3. The van der Waals surface area contributed by atoms with E-state index in [0.29, 0.717) is 46.6 Å². The molecule has 2 fully saturated rings. The van der Waals surface area contributed by atoms with Gasteiger partial charge in [-0.05, 0) is 67.3 Å². The van der Waals surface area contributed by atoms with Gasteiger partial charge in [0.25, 0.3) is 5.88 Å². The first-order valence-corrected chi connectivity index (χ1v) is 16.6. The number of aryl methyl sites for hydroxylation is 1. The quantitative estimate of drug-likeness (QED) is 0.201. The van der Waals surface area contributed by atoms with E-state index in [0.717, 1.165) is 63.2 Å². The number of ether oxygens (including phenoxy) is 3. The molecule has 0 amide bonds. The van der Waals surface area contributed by atoms with Crippen molar-refractivity contribution >= 4 is 23.2 Å². The van der Waals surface area contributed by atoms with Crippen LogP contribution >= 0.6 is 11.6 Å². The summed E-state index contributed by atoms with van der Waals surface area (Å²) in [5, 5.41) is 24.5. The molecular weight excluding hydrogens is 636 g/mol. The highest BCUT2D eigenvalue weighted by molar-refractivity contribution is 6.32. The number of nitrogens with one attached hydrogen (secondary N) is 1. The number of hydrogen-bond donors (Lipinski definition) is 1. The molecule has 48 heavy (non-hydrogen) atoms. The van der Waals surface area contributed by atoms with Crippen LogP contribution in [0.2, 0.25) is 5.02 Å². The van der Waals surface area contributed by atoms with Gasteiger partial charge in [0.2, 0.25) is 5.95 Å². The molecular formula is C32H39ClN12O3. The Balaban J connectivity index is 1.08. The van der Waals surface area contributed by atoms with Gasteiger partial charge in [0, 0.05) is 44.1 Å². The maximum atomic E-state index is 6.50. The van der Waals surface area contributed by atoms with Gasteiger partial charge in [-0.1, -0.05) is 17.7 Å². The van der Waals surface area contributed by atoms with E-state index >= 15 is 0 Å². The first-order chi connectivity index (χ1) is 23.5. The van der Waals surface area contributed by atoms with Crippen molar-refractivity contribution in [3.8, 4) is 22.9 Å². The topological polar surface area (TPSA) is 148 Å². The Morgan fingerprint density at radius 3 is 2.67 bits per heavy atom. The fourth-order valence-corrected chi connectivity index (χ4v) is 6.46. The van der Waals surface area contributed by atoms with Crippen LogP contribution in [0.3, 0.4) is 0 Å². The smallest absolute Gasteiger partial charge is 0.257 e. The molecule has 1 aliphatic carbocycles. The van der Waals surface area contributed by atoms with Crippen molar-refractivity contribution in [2.75, 3.05) is 31.6 Å². The van der Waals surface area contributed by atoms with Crippen LogP contribution in [0.25, 0.3) is 11.3 Å². The normalized spacial score (nSPS) is 19.2. The number of morpholine rings is 1. The van der Waals surface area contributed by atoms with Gasteiger partial charge >= 0.3 is 0 Å². The Bertz CT molecular complexity index is 1780. The van der Waals surface area contributed by atoms with Gasteiger partial charge in [0.1, 0.15) is 30.5 Å². The second-order valence-electron chi connectivity index (χ2n) is 12.2. The van der Waals surface area contributed by atoms with E-state index in [1.807, 2.05) is 55.3 Å². The monoisotopic (exact) mass is 674 g/mol. The molecule has 0 unspecified atom stereocenters. The molecule has 7 rings (SSSR count). The van der Waals surface area contributed by atoms with Gasteiger partial charge in [-0.3, -0.25) is 14.3 Å². The molecule has 16 heteroatoms. The number of tetrazole rings is 1. The zero-order valence-electron chi connectivity index (χ0n) is 27.0. The Morgan fingerprint density at radius 2 is 1.90 bits per heavy atom. The van der Waals surface area contributed by atoms with Gasteiger partial charge < -0.3 is 19.5 Å². The van der Waals surface area contributed by atoms with E-state index < -0.39 is 0 Å². The molecule has 5 aromatic rings. The fourth-order valence-electron chi connectivity index (χ4n) is 6.30. The Labute approximate surface area is 283 Å². The van der Waals surface area contributed by atoms with E-state index in [4.69, 9.17) is 35.9 Å². The SMILES string of the molecule is C[C@@H](Cn1cnnn1)Oc1cc(-c2ccnc(Nc3cn(C4CCC(N5CCOCC5)CC4)nc3OCc3ccn(C)n3)n2)ccc1Cl. The molecule has 1 N–H and O–H groups in total. The molecule has 15 nitrogen and oxygen atoms in total. The summed E-state index contributed by atoms with van der Waals surface area (Å²) in [7, 11) is 1.88. The number of benzene rings is 1. The van der Waals surface area contributed by atoms with Crippen LogP contribution < -0.4 is 14.8 Å². The van der Waals surface area contributed by atoms with Gasteiger partial charge in [-0.15, -0.1) is 10.2 Å². The van der Waals surface area contributed by atoms with Crippen LogP contribution in [0.5, 0.6) is 11.6 Å². The van der Waals surface area contributed by atoms with Gasteiger partial charge in [-0.2, -0.15) is 5.10 Å². The third-order valence-electron chi connectivity index (χ3n) is 8.72. The van der Waals surface area contributed by atoms with E-state index in [2.05, 4.69) is 35.8 Å². The summed E-state index contributed by atoms with van der Waals surface area (Å²) >= 11 is 6.50. The number of rotatable bonds is 12. The predicted octanol–water partition coefficient (Wildman–Crippen LogP) is 4.32. The lowest BCUT2D eigenvalue weighted by atomic mass is 9.90. The lowest BCUT2D eigenvalue weighted by Crippen LogP contribution is -2.45. The van der Waals surface area contributed by atoms with E-state index in [1.165, 1.54) is 0 Å². The minimum Gasteiger partial charge on any atom is -0.487 e. The third kappa shape index (κ3) is 7.75. The standard InChI is InChI=1S/C32H39ClN12O3/c1-22(18-44-21-35-40-41-44)48-30-17-23(3-8-27(30)33)28-9-11-34-32(36-28)37-29-19-45(39-31(29)47-20-24-10-12-42(2)38-24)26-6-4-25(5-7-26)43-13-15-46-16-14-43/h3,8-12,17,19,21-22,25-26H,4-7,13-16,18,20H2,1-2H3,(H,34,36,37)/t22-,25?,26?/m0/s1. The molecule has 1 aromatic carbocycles. The summed E-state index contributed by atoms with van der Waals surface area (Å²) in [5.41, 5.74) is 3.03. The van der Waals surface area contributed by atoms with Crippen molar-refractivity contribution in [2.24, 2.45) is 7.05 Å². The summed E-state index contributed by atoms with van der Waals surface area (Å²) in [6, 6.07) is 10.2. The average molecular weight is 675 g/mol.